The van der Waals surface area contributed by atoms with Crippen molar-refractivity contribution in [1.82, 2.24) is 4.31 Å². The molecule has 1 amide bonds. The van der Waals surface area contributed by atoms with Crippen molar-refractivity contribution in [2.45, 2.75) is 18.7 Å². The van der Waals surface area contributed by atoms with Crippen molar-refractivity contribution < 1.29 is 22.7 Å². The van der Waals surface area contributed by atoms with Gasteiger partial charge in [0.1, 0.15) is 11.6 Å². The number of fused-ring (bicyclic) bond motifs is 1. The van der Waals surface area contributed by atoms with Gasteiger partial charge in [0.25, 0.3) is 5.91 Å². The quantitative estimate of drug-likeness (QED) is 0.587. The first-order valence-electron chi connectivity index (χ1n) is 8.60. The van der Waals surface area contributed by atoms with Gasteiger partial charge in [0.15, 0.2) is 0 Å². The Hall–Kier alpha value is -2.49. The summed E-state index contributed by atoms with van der Waals surface area (Å²) in [5, 5.41) is 13.2. The number of aromatic hydroxyl groups is 1. The van der Waals surface area contributed by atoms with Crippen LogP contribution in [0.5, 0.6) is 5.75 Å². The second-order valence-corrected chi connectivity index (χ2v) is 9.04. The Kier molecular flexibility index (Phi) is 5.69. The Balaban J connectivity index is 1.92. The van der Waals surface area contributed by atoms with Crippen LogP contribution in [-0.2, 0) is 10.0 Å². The standard InChI is InChI=1S/C19H19FN2O4S2/c1-3-22(4-2)28(25,26)14-6-7-16(23)15(11-14)21-19(24)18-10-12-9-13(20)5-8-17(12)27-18/h5-11,23H,3-4H2,1-2H3,(H,21,24). The van der Waals surface area contributed by atoms with Crippen LogP contribution < -0.4 is 5.32 Å². The van der Waals surface area contributed by atoms with E-state index >= 15 is 0 Å². The number of rotatable bonds is 6. The van der Waals surface area contributed by atoms with Gasteiger partial charge in [-0.3, -0.25) is 4.79 Å². The first kappa shape index (κ1) is 20.2. The highest BCUT2D eigenvalue weighted by Crippen LogP contribution is 2.31. The lowest BCUT2D eigenvalue weighted by Crippen LogP contribution is -2.30. The summed E-state index contributed by atoms with van der Waals surface area (Å²) >= 11 is 1.17. The van der Waals surface area contributed by atoms with Crippen molar-refractivity contribution in [3.05, 3.63) is 53.2 Å². The molecule has 2 N–H and O–H groups in total. The molecule has 1 aromatic heterocycles. The Morgan fingerprint density at radius 1 is 1.14 bits per heavy atom. The molecule has 0 spiro atoms. The molecule has 2 aromatic carbocycles. The van der Waals surface area contributed by atoms with Crippen LogP contribution in [0, 0.1) is 5.82 Å². The Morgan fingerprint density at radius 2 is 1.86 bits per heavy atom. The van der Waals surface area contributed by atoms with Crippen LogP contribution in [0.2, 0.25) is 0 Å². The SMILES string of the molecule is CCN(CC)S(=O)(=O)c1ccc(O)c(NC(=O)c2cc3cc(F)ccc3s2)c1. The third-order valence-corrected chi connectivity index (χ3v) is 7.42. The van der Waals surface area contributed by atoms with Gasteiger partial charge in [0.05, 0.1) is 15.5 Å². The van der Waals surface area contributed by atoms with Crippen LogP contribution >= 0.6 is 11.3 Å². The molecule has 148 valence electrons. The molecule has 0 saturated heterocycles. The van der Waals surface area contributed by atoms with Crippen LogP contribution in [0.25, 0.3) is 10.1 Å². The molecular weight excluding hydrogens is 403 g/mol. The van der Waals surface area contributed by atoms with Crippen LogP contribution in [0.1, 0.15) is 23.5 Å². The fourth-order valence-corrected chi connectivity index (χ4v) is 5.22. The molecule has 1 heterocycles. The van der Waals surface area contributed by atoms with E-state index in [1.807, 2.05) is 0 Å². The summed E-state index contributed by atoms with van der Waals surface area (Å²) in [6.07, 6.45) is 0. The molecule has 0 atom stereocenters. The van der Waals surface area contributed by atoms with Crippen LogP contribution in [-0.4, -0.2) is 36.8 Å². The summed E-state index contributed by atoms with van der Waals surface area (Å²) in [7, 11) is -3.73. The van der Waals surface area contributed by atoms with E-state index in [-0.39, 0.29) is 16.3 Å². The second-order valence-electron chi connectivity index (χ2n) is 6.02. The van der Waals surface area contributed by atoms with Gasteiger partial charge in [-0.2, -0.15) is 4.31 Å². The van der Waals surface area contributed by atoms with Gasteiger partial charge in [0.2, 0.25) is 10.0 Å². The van der Waals surface area contributed by atoms with Crippen LogP contribution in [0.3, 0.4) is 0 Å². The van der Waals surface area contributed by atoms with Crippen molar-refractivity contribution in [2.75, 3.05) is 18.4 Å². The minimum Gasteiger partial charge on any atom is -0.506 e. The largest absolute Gasteiger partial charge is 0.506 e. The maximum Gasteiger partial charge on any atom is 0.265 e. The lowest BCUT2D eigenvalue weighted by molar-refractivity contribution is 0.103. The number of benzene rings is 2. The van der Waals surface area contributed by atoms with Crippen molar-refractivity contribution in [1.29, 1.82) is 0 Å². The minimum atomic E-state index is -3.73. The molecule has 0 aliphatic carbocycles. The van der Waals surface area contributed by atoms with Crippen molar-refractivity contribution in [3.8, 4) is 5.75 Å². The molecule has 0 fully saturated rings. The van der Waals surface area contributed by atoms with E-state index < -0.39 is 21.7 Å². The van der Waals surface area contributed by atoms with Crippen molar-refractivity contribution in [3.63, 3.8) is 0 Å². The summed E-state index contributed by atoms with van der Waals surface area (Å²) in [4.78, 5) is 12.9. The number of carbonyl (C=O) groups excluding carboxylic acids is 1. The van der Waals surface area contributed by atoms with Crippen molar-refractivity contribution in [2.24, 2.45) is 0 Å². The predicted molar refractivity (Wildman–Crippen MR) is 108 cm³/mol. The first-order valence-corrected chi connectivity index (χ1v) is 10.9. The summed E-state index contributed by atoms with van der Waals surface area (Å²) in [5.74, 6) is -1.17. The van der Waals surface area contributed by atoms with E-state index in [9.17, 15) is 22.7 Å². The fourth-order valence-electron chi connectivity index (χ4n) is 2.80. The molecule has 3 rings (SSSR count). The maximum atomic E-state index is 13.3. The topological polar surface area (TPSA) is 86.7 Å². The molecule has 0 aliphatic rings. The highest BCUT2D eigenvalue weighted by atomic mass is 32.2. The first-order chi connectivity index (χ1) is 13.3. The number of phenols is 1. The van der Waals surface area contributed by atoms with Gasteiger partial charge >= 0.3 is 0 Å². The summed E-state index contributed by atoms with van der Waals surface area (Å²) < 4.78 is 40.7. The average molecular weight is 423 g/mol. The second kappa shape index (κ2) is 7.86. The normalized spacial score (nSPS) is 11.9. The molecule has 0 aliphatic heterocycles. The number of hydrogen-bond acceptors (Lipinski definition) is 5. The summed E-state index contributed by atoms with van der Waals surface area (Å²) in [6.45, 7) is 4.07. The monoisotopic (exact) mass is 422 g/mol. The van der Waals surface area contributed by atoms with Gasteiger partial charge in [-0.1, -0.05) is 13.8 Å². The van der Waals surface area contributed by atoms with E-state index in [4.69, 9.17) is 0 Å². The lowest BCUT2D eigenvalue weighted by Gasteiger charge is -2.19. The number of halogens is 1. The molecular formula is C19H19FN2O4S2. The van der Waals surface area contributed by atoms with E-state index in [0.717, 1.165) is 4.70 Å². The van der Waals surface area contributed by atoms with E-state index in [1.165, 1.54) is 46.0 Å². The Labute approximate surface area is 166 Å². The van der Waals surface area contributed by atoms with Crippen LogP contribution in [0.4, 0.5) is 10.1 Å². The minimum absolute atomic E-state index is 0.0122. The predicted octanol–water partition coefficient (Wildman–Crippen LogP) is 4.03. The number of amides is 1. The van der Waals surface area contributed by atoms with Gasteiger partial charge in [-0.15, -0.1) is 11.3 Å². The molecule has 0 unspecified atom stereocenters. The zero-order valence-corrected chi connectivity index (χ0v) is 16.9. The van der Waals surface area contributed by atoms with Gasteiger partial charge in [0, 0.05) is 17.8 Å². The molecule has 3 aromatic rings. The molecule has 9 heteroatoms. The summed E-state index contributed by atoms with van der Waals surface area (Å²) in [5.41, 5.74) is -0.0122. The molecule has 6 nitrogen and oxygen atoms in total. The number of thiophene rings is 1. The zero-order valence-electron chi connectivity index (χ0n) is 15.3. The molecule has 0 radical (unpaired) electrons. The molecule has 0 bridgehead atoms. The number of phenolic OH excluding ortho intramolecular Hbond substituents is 1. The Morgan fingerprint density at radius 3 is 2.54 bits per heavy atom. The van der Waals surface area contributed by atoms with Gasteiger partial charge in [-0.05, 0) is 47.9 Å². The number of anilines is 1. The van der Waals surface area contributed by atoms with Gasteiger partial charge in [-0.25, -0.2) is 12.8 Å². The summed E-state index contributed by atoms with van der Waals surface area (Å²) in [6, 6.07) is 9.53. The van der Waals surface area contributed by atoms with Crippen LogP contribution in [0.15, 0.2) is 47.4 Å². The number of nitrogens with one attached hydrogen (secondary N) is 1. The number of carbonyl (C=O) groups is 1. The van der Waals surface area contributed by atoms with E-state index in [0.29, 0.717) is 23.4 Å². The van der Waals surface area contributed by atoms with E-state index in [1.54, 1.807) is 26.0 Å². The lowest BCUT2D eigenvalue weighted by atomic mass is 10.2. The Bertz CT molecular complexity index is 1140. The highest BCUT2D eigenvalue weighted by Gasteiger charge is 2.23. The highest BCUT2D eigenvalue weighted by molar-refractivity contribution is 7.89. The molecule has 28 heavy (non-hydrogen) atoms. The third-order valence-electron chi connectivity index (χ3n) is 4.26. The third kappa shape index (κ3) is 3.87. The maximum absolute atomic E-state index is 13.3. The number of nitrogens with zero attached hydrogens (tertiary/aromatic N) is 1. The smallest absolute Gasteiger partial charge is 0.265 e. The fraction of sp³-hybridized carbons (Fsp3) is 0.211. The average Bonchev–Trinajstić information content (AvgIpc) is 3.07. The number of hydrogen-bond donors (Lipinski definition) is 2. The zero-order chi connectivity index (χ0) is 20.5. The van der Waals surface area contributed by atoms with Crippen molar-refractivity contribution >= 4 is 43.0 Å². The number of sulfonamides is 1. The van der Waals surface area contributed by atoms with Gasteiger partial charge < -0.3 is 10.4 Å². The van der Waals surface area contributed by atoms with E-state index in [2.05, 4.69) is 5.32 Å². The molecule has 0 saturated carbocycles.